The maximum atomic E-state index is 13.3. The third-order valence-electron chi connectivity index (χ3n) is 5.52. The van der Waals surface area contributed by atoms with Gasteiger partial charge in [0.05, 0.1) is 11.3 Å². The van der Waals surface area contributed by atoms with Crippen LogP contribution in [0, 0.1) is 5.92 Å². The molecule has 2 heterocycles. The van der Waals surface area contributed by atoms with Gasteiger partial charge in [0.1, 0.15) is 12.1 Å². The van der Waals surface area contributed by atoms with Gasteiger partial charge in [-0.2, -0.15) is 12.6 Å². The van der Waals surface area contributed by atoms with Crippen LogP contribution in [-0.2, 0) is 20.8 Å². The molecular weight excluding hydrogens is 364 g/mol. The molecule has 3 rings (SSSR count). The van der Waals surface area contributed by atoms with E-state index in [4.69, 9.17) is 0 Å². The summed E-state index contributed by atoms with van der Waals surface area (Å²) < 4.78 is 0. The highest BCUT2D eigenvalue weighted by atomic mass is 32.1. The quantitative estimate of drug-likeness (QED) is 0.688. The highest BCUT2D eigenvalue weighted by Crippen LogP contribution is 2.39. The summed E-state index contributed by atoms with van der Waals surface area (Å²) in [5.41, 5.74) is 1.97. The Morgan fingerprint density at radius 2 is 1.96 bits per heavy atom. The molecule has 6 nitrogen and oxygen atoms in total. The first-order valence-corrected chi connectivity index (χ1v) is 9.94. The molecule has 0 aromatic heterocycles. The van der Waals surface area contributed by atoms with Gasteiger partial charge in [-0.15, -0.1) is 0 Å². The minimum atomic E-state index is -0.994. The Kier molecular flexibility index (Phi) is 5.79. The Morgan fingerprint density at radius 3 is 2.63 bits per heavy atom. The number of carbonyl (C=O) groups is 3. The van der Waals surface area contributed by atoms with Crippen LogP contribution >= 0.6 is 12.6 Å². The van der Waals surface area contributed by atoms with Gasteiger partial charge >= 0.3 is 5.97 Å². The predicted octanol–water partition coefficient (Wildman–Crippen LogP) is 2.19. The molecule has 1 aromatic rings. The Hall–Kier alpha value is -2.02. The fraction of sp³-hybridized carbons (Fsp3) is 0.550. The zero-order valence-corrected chi connectivity index (χ0v) is 16.5. The van der Waals surface area contributed by atoms with Crippen molar-refractivity contribution in [1.29, 1.82) is 0 Å². The first-order chi connectivity index (χ1) is 12.8. The van der Waals surface area contributed by atoms with Crippen LogP contribution in [0.2, 0.25) is 0 Å². The van der Waals surface area contributed by atoms with E-state index in [1.54, 1.807) is 0 Å². The lowest BCUT2D eigenvalue weighted by Gasteiger charge is -2.40. The number of aliphatic carboxylic acids is 1. The van der Waals surface area contributed by atoms with Crippen molar-refractivity contribution in [3.05, 3.63) is 35.4 Å². The lowest BCUT2D eigenvalue weighted by atomic mass is 9.89. The van der Waals surface area contributed by atoms with Crippen molar-refractivity contribution in [3.63, 3.8) is 0 Å². The minimum absolute atomic E-state index is 0.0241. The summed E-state index contributed by atoms with van der Waals surface area (Å²) >= 11 is 4.34. The summed E-state index contributed by atoms with van der Waals surface area (Å²) in [6.45, 7) is 3.78. The number of nitrogens with zero attached hydrogens (tertiary/aromatic N) is 1. The number of amides is 2. The Labute approximate surface area is 164 Å². The van der Waals surface area contributed by atoms with Gasteiger partial charge in [0.2, 0.25) is 11.8 Å². The molecule has 0 radical (unpaired) electrons. The average molecular weight is 391 g/mol. The molecule has 27 heavy (non-hydrogen) atoms. The largest absolute Gasteiger partial charge is 0.480 e. The molecule has 2 N–H and O–H groups in total. The van der Waals surface area contributed by atoms with Crippen LogP contribution in [0.15, 0.2) is 24.3 Å². The van der Waals surface area contributed by atoms with Gasteiger partial charge in [-0.3, -0.25) is 9.59 Å². The van der Waals surface area contributed by atoms with E-state index in [9.17, 15) is 19.5 Å². The van der Waals surface area contributed by atoms with Gasteiger partial charge in [0.15, 0.2) is 0 Å². The smallest absolute Gasteiger partial charge is 0.326 e. The van der Waals surface area contributed by atoms with Gasteiger partial charge in [-0.25, -0.2) is 4.79 Å². The molecular formula is C20H26N2O4S. The third-order valence-corrected chi connectivity index (χ3v) is 6.35. The van der Waals surface area contributed by atoms with Crippen LogP contribution in [0.3, 0.4) is 0 Å². The number of hydrogen-bond acceptors (Lipinski definition) is 4. The van der Waals surface area contributed by atoms with E-state index in [-0.39, 0.29) is 23.8 Å². The molecule has 7 heteroatoms. The normalized spacial score (nSPS) is 26.0. The van der Waals surface area contributed by atoms with E-state index in [2.05, 4.69) is 17.9 Å². The second-order valence-corrected chi connectivity index (χ2v) is 8.26. The number of carbonyl (C=O) groups excluding carboxylic acids is 2. The van der Waals surface area contributed by atoms with Crippen LogP contribution in [-0.4, -0.2) is 45.1 Å². The Balaban J connectivity index is 1.98. The highest BCUT2D eigenvalue weighted by Gasteiger charge is 2.44. The first kappa shape index (κ1) is 19.7. The lowest BCUT2D eigenvalue weighted by molar-refractivity contribution is -0.156. The first-order valence-electron chi connectivity index (χ1n) is 9.42. The molecule has 0 saturated carbocycles. The number of carboxylic acid groups (broad SMARTS) is 1. The second-order valence-electron chi connectivity index (χ2n) is 7.70. The van der Waals surface area contributed by atoms with Crippen molar-refractivity contribution < 1.29 is 19.5 Å². The maximum absolute atomic E-state index is 13.3. The predicted molar refractivity (Wildman–Crippen MR) is 105 cm³/mol. The van der Waals surface area contributed by atoms with Crippen LogP contribution in [0.5, 0.6) is 0 Å². The topological polar surface area (TPSA) is 86.7 Å². The molecule has 2 amide bonds. The Bertz CT molecular complexity index is 751. The van der Waals surface area contributed by atoms with E-state index < -0.39 is 23.3 Å². The maximum Gasteiger partial charge on any atom is 0.326 e. The number of piperidine rings is 1. The monoisotopic (exact) mass is 390 g/mol. The van der Waals surface area contributed by atoms with E-state index in [0.29, 0.717) is 12.8 Å². The molecule has 2 aliphatic rings. The number of hydrogen-bond donors (Lipinski definition) is 3. The third kappa shape index (κ3) is 3.83. The summed E-state index contributed by atoms with van der Waals surface area (Å²) in [6.07, 6.45) is 2.28. The SMILES string of the molecule is CC(C)C(S)C(=O)N[C@H]1Cc2ccccc2[C@H]2CCCC(C(=O)O)N2C1=O. The molecule has 1 saturated heterocycles. The summed E-state index contributed by atoms with van der Waals surface area (Å²) in [5, 5.41) is 12.0. The highest BCUT2D eigenvalue weighted by molar-refractivity contribution is 7.81. The van der Waals surface area contributed by atoms with E-state index in [1.807, 2.05) is 38.1 Å². The fourth-order valence-corrected chi connectivity index (χ4v) is 4.13. The number of thiol groups is 1. The molecule has 1 fully saturated rings. The number of nitrogens with one attached hydrogen (secondary N) is 1. The molecule has 146 valence electrons. The van der Waals surface area contributed by atoms with Gasteiger partial charge in [0.25, 0.3) is 0 Å². The molecule has 0 aliphatic carbocycles. The van der Waals surface area contributed by atoms with E-state index >= 15 is 0 Å². The minimum Gasteiger partial charge on any atom is -0.480 e. The van der Waals surface area contributed by atoms with Crippen LogP contribution in [0.4, 0.5) is 0 Å². The molecule has 0 bridgehead atoms. The van der Waals surface area contributed by atoms with Crippen molar-refractivity contribution in [2.45, 2.75) is 62.9 Å². The van der Waals surface area contributed by atoms with Crippen LogP contribution in [0.1, 0.15) is 50.3 Å². The van der Waals surface area contributed by atoms with Gasteiger partial charge < -0.3 is 15.3 Å². The van der Waals surface area contributed by atoms with Crippen molar-refractivity contribution in [3.8, 4) is 0 Å². The fourth-order valence-electron chi connectivity index (χ4n) is 4.06. The van der Waals surface area contributed by atoms with Gasteiger partial charge in [-0.05, 0) is 36.3 Å². The van der Waals surface area contributed by atoms with E-state index in [0.717, 1.165) is 24.0 Å². The standard InChI is InChI=1S/C20H26N2O4S/c1-11(2)17(27)18(23)21-14-10-12-6-3-4-7-13(12)15-8-5-9-16(20(25)26)22(15)19(14)24/h3-4,6-7,11,14-17,27H,5,8-10H2,1-2H3,(H,21,23)(H,25,26)/t14-,15+,16?,17?/m0/s1. The molecule has 0 spiro atoms. The number of carboxylic acids is 1. The zero-order valence-electron chi connectivity index (χ0n) is 15.6. The molecule has 2 aliphatic heterocycles. The summed E-state index contributed by atoms with van der Waals surface area (Å²) in [4.78, 5) is 39.1. The second kappa shape index (κ2) is 7.92. The molecule has 2 unspecified atom stereocenters. The van der Waals surface area contributed by atoms with Crippen LogP contribution in [0.25, 0.3) is 0 Å². The lowest BCUT2D eigenvalue weighted by Crippen LogP contribution is -2.56. The van der Waals surface area contributed by atoms with Gasteiger partial charge in [-0.1, -0.05) is 38.1 Å². The Morgan fingerprint density at radius 1 is 1.26 bits per heavy atom. The van der Waals surface area contributed by atoms with E-state index in [1.165, 1.54) is 4.90 Å². The van der Waals surface area contributed by atoms with Crippen molar-refractivity contribution in [2.75, 3.05) is 0 Å². The summed E-state index contributed by atoms with van der Waals surface area (Å²) in [5.74, 6) is -1.59. The zero-order chi connectivity index (χ0) is 19.7. The van der Waals surface area contributed by atoms with Crippen molar-refractivity contribution in [1.82, 2.24) is 10.2 Å². The van der Waals surface area contributed by atoms with Crippen LogP contribution < -0.4 is 5.32 Å². The summed E-state index contributed by atoms with van der Waals surface area (Å²) in [7, 11) is 0. The summed E-state index contributed by atoms with van der Waals surface area (Å²) in [6, 6.07) is 5.83. The number of benzene rings is 1. The van der Waals surface area contributed by atoms with Crippen molar-refractivity contribution in [2.24, 2.45) is 5.92 Å². The molecule has 4 atom stereocenters. The van der Waals surface area contributed by atoms with Crippen molar-refractivity contribution >= 4 is 30.4 Å². The molecule has 1 aromatic carbocycles. The number of fused-ring (bicyclic) bond motifs is 3. The average Bonchev–Trinajstić information content (AvgIpc) is 2.76. The number of rotatable bonds is 4. The van der Waals surface area contributed by atoms with Gasteiger partial charge in [0, 0.05) is 6.42 Å².